The maximum absolute atomic E-state index is 12.8. The molecule has 2 bridgehead atoms. The molecule has 1 saturated carbocycles. The van der Waals surface area contributed by atoms with Gasteiger partial charge in [-0.1, -0.05) is 24.2 Å². The molecule has 2 N–H and O–H groups in total. The standard InChI is InChI=1S/C20H26N4O2S/c1-26-17-15(19(25)22-12-4-2-3-5-12)8-9-16-18(17)27-20(23-16)24-13-6-7-14(24)11-21-10-13/h8-9,12-14,21H,2-7,10-11H2,1H3,(H,22,25). The van der Waals surface area contributed by atoms with Crippen LogP contribution in [0.5, 0.6) is 5.75 Å². The minimum atomic E-state index is -0.0298. The second kappa shape index (κ2) is 6.95. The average molecular weight is 387 g/mol. The fourth-order valence-corrected chi connectivity index (χ4v) is 6.11. The second-order valence-corrected chi connectivity index (χ2v) is 8.87. The number of amides is 1. The molecule has 3 heterocycles. The summed E-state index contributed by atoms with van der Waals surface area (Å²) in [6.07, 6.45) is 7.00. The van der Waals surface area contributed by atoms with Crippen molar-refractivity contribution in [1.29, 1.82) is 0 Å². The van der Waals surface area contributed by atoms with Gasteiger partial charge in [-0.05, 0) is 37.8 Å². The number of methoxy groups -OCH3 is 1. The molecule has 0 radical (unpaired) electrons. The molecule has 0 spiro atoms. The molecule has 1 amide bonds. The normalized spacial score (nSPS) is 25.3. The Balaban J connectivity index is 1.48. The lowest BCUT2D eigenvalue weighted by atomic mass is 10.1. The van der Waals surface area contributed by atoms with Gasteiger partial charge in [0.2, 0.25) is 0 Å². The zero-order valence-corrected chi connectivity index (χ0v) is 16.5. The van der Waals surface area contributed by atoms with Gasteiger partial charge in [0.25, 0.3) is 5.91 Å². The fourth-order valence-electron chi connectivity index (χ4n) is 4.87. The van der Waals surface area contributed by atoms with E-state index in [4.69, 9.17) is 9.72 Å². The van der Waals surface area contributed by atoms with Gasteiger partial charge >= 0.3 is 0 Å². The number of rotatable bonds is 4. The van der Waals surface area contributed by atoms with E-state index >= 15 is 0 Å². The third-order valence-electron chi connectivity index (χ3n) is 6.24. The molecular weight excluding hydrogens is 360 g/mol. The van der Waals surface area contributed by atoms with Crippen molar-refractivity contribution in [1.82, 2.24) is 15.6 Å². The van der Waals surface area contributed by atoms with Crippen LogP contribution in [0.4, 0.5) is 5.13 Å². The number of anilines is 1. The van der Waals surface area contributed by atoms with Crippen molar-refractivity contribution in [2.24, 2.45) is 0 Å². The lowest BCUT2D eigenvalue weighted by Crippen LogP contribution is -2.51. The van der Waals surface area contributed by atoms with Crippen molar-refractivity contribution in [2.75, 3.05) is 25.1 Å². The number of hydrogen-bond donors (Lipinski definition) is 2. The minimum absolute atomic E-state index is 0.0298. The molecule has 5 rings (SSSR count). The Morgan fingerprint density at radius 3 is 2.67 bits per heavy atom. The van der Waals surface area contributed by atoms with Crippen LogP contribution in [0.1, 0.15) is 48.9 Å². The molecule has 1 aromatic carbocycles. The van der Waals surface area contributed by atoms with Gasteiger partial charge in [-0.15, -0.1) is 0 Å². The van der Waals surface area contributed by atoms with Gasteiger partial charge in [0, 0.05) is 31.2 Å². The van der Waals surface area contributed by atoms with Crippen LogP contribution in [0.15, 0.2) is 12.1 Å². The molecule has 144 valence electrons. The summed E-state index contributed by atoms with van der Waals surface area (Å²) in [5, 5.41) is 7.75. The topological polar surface area (TPSA) is 66.5 Å². The SMILES string of the molecule is COc1c(C(=O)NC2CCCC2)ccc2nc(N3C4CCC3CNC4)sc12. The Bertz CT molecular complexity index is 845. The molecule has 7 heteroatoms. The average Bonchev–Trinajstić information content (AvgIpc) is 3.38. The molecular formula is C20H26N4O2S. The van der Waals surface area contributed by atoms with Crippen LogP contribution in [0, 0.1) is 0 Å². The van der Waals surface area contributed by atoms with E-state index in [0.29, 0.717) is 29.4 Å². The second-order valence-electron chi connectivity index (χ2n) is 7.90. The number of ether oxygens (including phenoxy) is 1. The summed E-state index contributed by atoms with van der Waals surface area (Å²) in [4.78, 5) is 20.2. The Kier molecular flexibility index (Phi) is 4.44. The molecule has 2 atom stereocenters. The van der Waals surface area contributed by atoms with Crippen molar-refractivity contribution < 1.29 is 9.53 Å². The first-order valence-corrected chi connectivity index (χ1v) is 10.8. The van der Waals surface area contributed by atoms with Crippen molar-refractivity contribution in [3.63, 3.8) is 0 Å². The maximum atomic E-state index is 12.8. The number of aromatic nitrogens is 1. The first-order chi connectivity index (χ1) is 13.2. The summed E-state index contributed by atoms with van der Waals surface area (Å²) in [5.74, 6) is 0.632. The number of fused-ring (bicyclic) bond motifs is 3. The molecule has 27 heavy (non-hydrogen) atoms. The summed E-state index contributed by atoms with van der Waals surface area (Å²) in [6.45, 7) is 2.05. The van der Waals surface area contributed by atoms with Gasteiger partial charge in [0.1, 0.15) is 0 Å². The predicted molar refractivity (Wildman–Crippen MR) is 108 cm³/mol. The summed E-state index contributed by atoms with van der Waals surface area (Å²) in [6, 6.07) is 5.18. The van der Waals surface area contributed by atoms with Crippen LogP contribution >= 0.6 is 11.3 Å². The third-order valence-corrected chi connectivity index (χ3v) is 7.32. The van der Waals surface area contributed by atoms with E-state index in [0.717, 1.165) is 41.3 Å². The molecule has 2 aliphatic heterocycles. The maximum Gasteiger partial charge on any atom is 0.255 e. The van der Waals surface area contributed by atoms with Crippen molar-refractivity contribution in [3.8, 4) is 5.75 Å². The number of benzene rings is 1. The van der Waals surface area contributed by atoms with Crippen LogP contribution in [0.3, 0.4) is 0 Å². The Labute approximate surface area is 163 Å². The highest BCUT2D eigenvalue weighted by Crippen LogP contribution is 2.41. The molecule has 3 fully saturated rings. The number of carbonyl (C=O) groups excluding carboxylic acids is 1. The molecule has 6 nitrogen and oxygen atoms in total. The van der Waals surface area contributed by atoms with E-state index in [9.17, 15) is 4.79 Å². The predicted octanol–water partition coefficient (Wildman–Crippen LogP) is 2.92. The van der Waals surface area contributed by atoms with E-state index in [1.807, 2.05) is 12.1 Å². The van der Waals surface area contributed by atoms with Gasteiger partial charge < -0.3 is 20.3 Å². The van der Waals surface area contributed by atoms with Crippen molar-refractivity contribution in [3.05, 3.63) is 17.7 Å². The van der Waals surface area contributed by atoms with E-state index in [1.165, 1.54) is 25.7 Å². The van der Waals surface area contributed by atoms with E-state index in [1.54, 1.807) is 18.4 Å². The zero-order chi connectivity index (χ0) is 18.4. The Morgan fingerprint density at radius 1 is 1.22 bits per heavy atom. The summed E-state index contributed by atoms with van der Waals surface area (Å²) >= 11 is 1.66. The lowest BCUT2D eigenvalue weighted by molar-refractivity contribution is 0.0935. The third kappa shape index (κ3) is 2.97. The smallest absolute Gasteiger partial charge is 0.255 e. The van der Waals surface area contributed by atoms with Crippen molar-refractivity contribution >= 4 is 32.6 Å². The molecule has 3 aliphatic rings. The highest BCUT2D eigenvalue weighted by Gasteiger charge is 2.38. The van der Waals surface area contributed by atoms with Crippen LogP contribution in [0.2, 0.25) is 0 Å². The molecule has 1 aliphatic carbocycles. The van der Waals surface area contributed by atoms with Gasteiger partial charge in [-0.25, -0.2) is 4.98 Å². The fraction of sp³-hybridized carbons (Fsp3) is 0.600. The number of thiazole rings is 1. The zero-order valence-electron chi connectivity index (χ0n) is 15.7. The van der Waals surface area contributed by atoms with Gasteiger partial charge in [-0.3, -0.25) is 4.79 Å². The number of nitrogens with zero attached hydrogens (tertiary/aromatic N) is 2. The highest BCUT2D eigenvalue weighted by molar-refractivity contribution is 7.22. The van der Waals surface area contributed by atoms with E-state index in [-0.39, 0.29) is 5.91 Å². The first kappa shape index (κ1) is 17.3. The van der Waals surface area contributed by atoms with Crippen LogP contribution in [-0.4, -0.2) is 49.2 Å². The van der Waals surface area contributed by atoms with Gasteiger partial charge in [0.15, 0.2) is 10.9 Å². The summed E-state index contributed by atoms with van der Waals surface area (Å²) in [5.41, 5.74) is 1.54. The highest BCUT2D eigenvalue weighted by atomic mass is 32.1. The number of nitrogens with one attached hydrogen (secondary N) is 2. The Hall–Kier alpha value is -1.86. The summed E-state index contributed by atoms with van der Waals surface area (Å²) < 4.78 is 6.67. The quantitative estimate of drug-likeness (QED) is 0.846. The number of piperazine rings is 1. The minimum Gasteiger partial charge on any atom is -0.494 e. The monoisotopic (exact) mass is 386 g/mol. The first-order valence-electron chi connectivity index (χ1n) is 10.0. The summed E-state index contributed by atoms with van der Waals surface area (Å²) in [7, 11) is 1.65. The van der Waals surface area contributed by atoms with Crippen LogP contribution in [-0.2, 0) is 0 Å². The molecule has 2 aromatic rings. The number of carbonyl (C=O) groups is 1. The molecule has 2 unspecified atom stereocenters. The number of hydrogen-bond acceptors (Lipinski definition) is 6. The Morgan fingerprint density at radius 2 is 1.96 bits per heavy atom. The lowest BCUT2D eigenvalue weighted by Gasteiger charge is -2.35. The van der Waals surface area contributed by atoms with E-state index in [2.05, 4.69) is 15.5 Å². The van der Waals surface area contributed by atoms with Gasteiger partial charge in [-0.2, -0.15) is 0 Å². The van der Waals surface area contributed by atoms with Crippen LogP contribution in [0.25, 0.3) is 10.2 Å². The molecule has 2 saturated heterocycles. The van der Waals surface area contributed by atoms with E-state index < -0.39 is 0 Å². The molecule has 1 aromatic heterocycles. The van der Waals surface area contributed by atoms with Crippen molar-refractivity contribution in [2.45, 2.75) is 56.7 Å². The largest absolute Gasteiger partial charge is 0.494 e. The van der Waals surface area contributed by atoms with Crippen LogP contribution < -0.4 is 20.3 Å². The van der Waals surface area contributed by atoms with Gasteiger partial charge in [0.05, 0.1) is 22.9 Å².